The van der Waals surface area contributed by atoms with Crippen molar-refractivity contribution in [1.29, 1.82) is 0 Å². The van der Waals surface area contributed by atoms with E-state index in [4.69, 9.17) is 16.3 Å². The summed E-state index contributed by atoms with van der Waals surface area (Å²) in [6, 6.07) is 0. The van der Waals surface area contributed by atoms with Crippen LogP contribution in [0.2, 0.25) is 0 Å². The van der Waals surface area contributed by atoms with Gasteiger partial charge in [-0.1, -0.05) is 35.9 Å². The summed E-state index contributed by atoms with van der Waals surface area (Å²) in [4.78, 5) is 0. The van der Waals surface area contributed by atoms with Crippen LogP contribution < -0.4 is 0 Å². The maximum absolute atomic E-state index is 6.34. The zero-order chi connectivity index (χ0) is 13.0. The van der Waals surface area contributed by atoms with Gasteiger partial charge in [0.05, 0.1) is 6.61 Å². The molecule has 0 spiro atoms. The summed E-state index contributed by atoms with van der Waals surface area (Å²) in [6.45, 7) is 8.00. The van der Waals surface area contributed by atoms with Crippen LogP contribution in [0.4, 0.5) is 0 Å². The molecule has 0 N–H and O–H groups in total. The molecule has 1 saturated heterocycles. The second-order valence-electron chi connectivity index (χ2n) is 5.19. The third kappa shape index (κ3) is 3.60. The zero-order valence-electron chi connectivity index (χ0n) is 11.0. The quantitative estimate of drug-likeness (QED) is 0.654. The monoisotopic (exact) mass is 264 g/mol. The van der Waals surface area contributed by atoms with Gasteiger partial charge in [-0.05, 0) is 49.8 Å². The van der Waals surface area contributed by atoms with Crippen molar-refractivity contribution in [2.45, 2.75) is 32.6 Å². The molecule has 0 bridgehead atoms. The van der Waals surface area contributed by atoms with E-state index in [-0.39, 0.29) is 0 Å². The van der Waals surface area contributed by atoms with Crippen LogP contribution in [0.3, 0.4) is 0 Å². The molecule has 1 atom stereocenters. The van der Waals surface area contributed by atoms with Crippen LogP contribution in [0, 0.1) is 5.92 Å². The minimum atomic E-state index is 0.538. The Morgan fingerprint density at radius 2 is 2.39 bits per heavy atom. The fourth-order valence-electron chi connectivity index (χ4n) is 2.52. The van der Waals surface area contributed by atoms with Gasteiger partial charge in [0.15, 0.2) is 0 Å². The van der Waals surface area contributed by atoms with Crippen molar-refractivity contribution in [1.82, 2.24) is 0 Å². The number of rotatable bonds is 2. The Kier molecular flexibility index (Phi) is 4.85. The molecule has 0 aromatic carbocycles. The lowest BCUT2D eigenvalue weighted by atomic mass is 9.93. The molecule has 2 rings (SSSR count). The first kappa shape index (κ1) is 13.6. The SMILES string of the molecule is C=C1CC=CC(Cl)=C(/C(C)=C\C2CCCOC2)C1. The molecule has 0 amide bonds. The van der Waals surface area contributed by atoms with E-state index in [2.05, 4.69) is 25.7 Å². The minimum absolute atomic E-state index is 0.538. The van der Waals surface area contributed by atoms with Crippen molar-refractivity contribution < 1.29 is 4.74 Å². The van der Waals surface area contributed by atoms with E-state index in [1.807, 2.05) is 6.08 Å². The van der Waals surface area contributed by atoms with Gasteiger partial charge in [0.1, 0.15) is 0 Å². The van der Waals surface area contributed by atoms with Crippen molar-refractivity contribution in [3.63, 3.8) is 0 Å². The second-order valence-corrected chi connectivity index (χ2v) is 5.59. The van der Waals surface area contributed by atoms with E-state index in [0.717, 1.165) is 37.5 Å². The largest absolute Gasteiger partial charge is 0.381 e. The zero-order valence-corrected chi connectivity index (χ0v) is 11.8. The lowest BCUT2D eigenvalue weighted by Crippen LogP contribution is -2.15. The van der Waals surface area contributed by atoms with Gasteiger partial charge in [-0.25, -0.2) is 0 Å². The van der Waals surface area contributed by atoms with Crippen LogP contribution in [0.15, 0.2) is 46.6 Å². The molecule has 0 saturated carbocycles. The van der Waals surface area contributed by atoms with Crippen molar-refractivity contribution in [2.24, 2.45) is 5.92 Å². The van der Waals surface area contributed by atoms with E-state index < -0.39 is 0 Å². The minimum Gasteiger partial charge on any atom is -0.381 e. The van der Waals surface area contributed by atoms with Crippen molar-refractivity contribution in [2.75, 3.05) is 13.2 Å². The summed E-state index contributed by atoms with van der Waals surface area (Å²) in [7, 11) is 0. The fraction of sp³-hybridized carbons (Fsp3) is 0.500. The molecule has 1 nitrogen and oxygen atoms in total. The molecular weight excluding hydrogens is 244 g/mol. The van der Waals surface area contributed by atoms with Gasteiger partial charge in [0.2, 0.25) is 0 Å². The smallest absolute Gasteiger partial charge is 0.0529 e. The average molecular weight is 265 g/mol. The third-order valence-corrected chi connectivity index (χ3v) is 3.90. The van der Waals surface area contributed by atoms with Crippen LogP contribution in [-0.2, 0) is 4.74 Å². The maximum Gasteiger partial charge on any atom is 0.0529 e. The van der Waals surface area contributed by atoms with E-state index in [0.29, 0.717) is 5.92 Å². The summed E-state index contributed by atoms with van der Waals surface area (Å²) in [5, 5.41) is 0.860. The van der Waals surface area contributed by atoms with E-state index in [1.165, 1.54) is 23.1 Å². The topological polar surface area (TPSA) is 9.23 Å². The number of allylic oxidation sites excluding steroid dienone is 6. The van der Waals surface area contributed by atoms with Crippen LogP contribution in [0.1, 0.15) is 32.6 Å². The standard InChI is InChI=1S/C16H21ClO/c1-12-5-3-7-16(17)15(9-12)13(2)10-14-6-4-8-18-11-14/h3,7,10,14H,1,4-6,8-9,11H2,2H3/b13-10-. The molecule has 18 heavy (non-hydrogen) atoms. The molecule has 0 aromatic rings. The fourth-order valence-corrected chi connectivity index (χ4v) is 2.82. The first-order valence-electron chi connectivity index (χ1n) is 6.65. The number of hydrogen-bond acceptors (Lipinski definition) is 1. The molecule has 0 radical (unpaired) electrons. The first-order chi connectivity index (χ1) is 8.66. The van der Waals surface area contributed by atoms with Crippen LogP contribution in [-0.4, -0.2) is 13.2 Å². The summed E-state index contributed by atoms with van der Waals surface area (Å²) >= 11 is 6.34. The molecule has 2 heteroatoms. The average Bonchev–Trinajstić information content (AvgIpc) is 2.52. The third-order valence-electron chi connectivity index (χ3n) is 3.54. The Bertz CT molecular complexity index is 409. The highest BCUT2D eigenvalue weighted by Crippen LogP contribution is 2.31. The highest BCUT2D eigenvalue weighted by molar-refractivity contribution is 6.31. The molecule has 0 aromatic heterocycles. The Labute approximate surface area is 115 Å². The number of hydrogen-bond donors (Lipinski definition) is 0. The van der Waals surface area contributed by atoms with Crippen molar-refractivity contribution in [3.8, 4) is 0 Å². The molecule has 1 fully saturated rings. The first-order valence-corrected chi connectivity index (χ1v) is 7.03. The van der Waals surface area contributed by atoms with E-state index >= 15 is 0 Å². The van der Waals surface area contributed by atoms with Gasteiger partial charge >= 0.3 is 0 Å². The molecular formula is C16H21ClO. The van der Waals surface area contributed by atoms with Gasteiger partial charge in [0.25, 0.3) is 0 Å². The van der Waals surface area contributed by atoms with Gasteiger partial charge in [-0.15, -0.1) is 0 Å². The maximum atomic E-state index is 6.34. The van der Waals surface area contributed by atoms with Crippen LogP contribution >= 0.6 is 11.6 Å². The number of halogens is 1. The summed E-state index contributed by atoms with van der Waals surface area (Å²) in [5.74, 6) is 0.538. The number of ether oxygens (including phenoxy) is 1. The molecule has 2 aliphatic rings. The Morgan fingerprint density at radius 3 is 3.11 bits per heavy atom. The second kappa shape index (κ2) is 6.40. The summed E-state index contributed by atoms with van der Waals surface area (Å²) in [5.41, 5.74) is 3.73. The van der Waals surface area contributed by atoms with Gasteiger partial charge in [-0.2, -0.15) is 0 Å². The van der Waals surface area contributed by atoms with Crippen molar-refractivity contribution >= 4 is 11.6 Å². The van der Waals surface area contributed by atoms with Gasteiger partial charge in [-0.3, -0.25) is 0 Å². The Morgan fingerprint density at radius 1 is 1.56 bits per heavy atom. The predicted molar refractivity (Wildman–Crippen MR) is 77.7 cm³/mol. The van der Waals surface area contributed by atoms with Crippen molar-refractivity contribution in [3.05, 3.63) is 46.6 Å². The van der Waals surface area contributed by atoms with E-state index in [1.54, 1.807) is 0 Å². The van der Waals surface area contributed by atoms with E-state index in [9.17, 15) is 0 Å². The Balaban J connectivity index is 2.15. The molecule has 1 aliphatic carbocycles. The predicted octanol–water partition coefficient (Wildman–Crippen LogP) is 4.76. The molecule has 1 aliphatic heterocycles. The normalized spacial score (nSPS) is 26.4. The molecule has 1 unspecified atom stereocenters. The summed E-state index contributed by atoms with van der Waals surface area (Å²) < 4.78 is 5.52. The highest BCUT2D eigenvalue weighted by atomic mass is 35.5. The molecule has 1 heterocycles. The summed E-state index contributed by atoms with van der Waals surface area (Å²) in [6.07, 6.45) is 10.6. The lowest BCUT2D eigenvalue weighted by Gasteiger charge is -2.20. The Hall–Kier alpha value is -0.790. The van der Waals surface area contributed by atoms with Crippen LogP contribution in [0.5, 0.6) is 0 Å². The van der Waals surface area contributed by atoms with Gasteiger partial charge < -0.3 is 4.74 Å². The van der Waals surface area contributed by atoms with Crippen LogP contribution in [0.25, 0.3) is 0 Å². The lowest BCUT2D eigenvalue weighted by molar-refractivity contribution is 0.0708. The van der Waals surface area contributed by atoms with Gasteiger partial charge in [0, 0.05) is 17.6 Å². The highest BCUT2D eigenvalue weighted by Gasteiger charge is 2.15. The molecule has 98 valence electrons.